The SMILES string of the molecule is N#Cc1ccc(Oc2cccc(C#N)n2)c(F)c1. The van der Waals surface area contributed by atoms with E-state index in [4.69, 9.17) is 15.3 Å². The number of aromatic nitrogens is 1. The molecule has 0 amide bonds. The molecule has 0 aliphatic carbocycles. The van der Waals surface area contributed by atoms with Gasteiger partial charge in [-0.2, -0.15) is 10.5 Å². The highest BCUT2D eigenvalue weighted by molar-refractivity contribution is 5.38. The van der Waals surface area contributed by atoms with Crippen molar-refractivity contribution >= 4 is 0 Å². The minimum absolute atomic E-state index is 0.0448. The van der Waals surface area contributed by atoms with Crippen molar-refractivity contribution in [3.63, 3.8) is 0 Å². The number of nitrogens with zero attached hydrogens (tertiary/aromatic N) is 3. The van der Waals surface area contributed by atoms with E-state index in [0.717, 1.165) is 6.07 Å². The molecule has 0 aliphatic heterocycles. The van der Waals surface area contributed by atoms with E-state index >= 15 is 0 Å². The van der Waals surface area contributed by atoms with Crippen molar-refractivity contribution in [3.8, 4) is 23.8 Å². The Morgan fingerprint density at radius 1 is 1.11 bits per heavy atom. The lowest BCUT2D eigenvalue weighted by Crippen LogP contribution is -1.93. The Bertz CT molecular complexity index is 671. The molecular formula is C13H6FN3O. The molecule has 0 unspecified atom stereocenters. The van der Waals surface area contributed by atoms with Crippen molar-refractivity contribution in [1.82, 2.24) is 4.98 Å². The Morgan fingerprint density at radius 3 is 2.61 bits per heavy atom. The number of halogens is 1. The van der Waals surface area contributed by atoms with Gasteiger partial charge in [0.05, 0.1) is 11.6 Å². The molecule has 0 radical (unpaired) electrons. The summed E-state index contributed by atoms with van der Waals surface area (Å²) in [6.45, 7) is 0. The maximum atomic E-state index is 13.5. The first-order valence-electron chi connectivity index (χ1n) is 4.97. The fourth-order valence-corrected chi connectivity index (χ4v) is 1.30. The molecule has 0 saturated carbocycles. The van der Waals surface area contributed by atoms with Gasteiger partial charge in [-0.3, -0.25) is 0 Å². The summed E-state index contributed by atoms with van der Waals surface area (Å²) in [4.78, 5) is 3.86. The van der Waals surface area contributed by atoms with Crippen LogP contribution in [0, 0.1) is 28.5 Å². The molecule has 0 aliphatic rings. The minimum atomic E-state index is -0.654. The molecule has 4 nitrogen and oxygen atoms in total. The van der Waals surface area contributed by atoms with E-state index in [0.29, 0.717) is 0 Å². The second kappa shape index (κ2) is 4.94. The number of benzene rings is 1. The first-order valence-corrected chi connectivity index (χ1v) is 4.97. The van der Waals surface area contributed by atoms with Crippen LogP contribution in [0.15, 0.2) is 36.4 Å². The van der Waals surface area contributed by atoms with Crippen molar-refractivity contribution in [1.29, 1.82) is 10.5 Å². The van der Waals surface area contributed by atoms with E-state index < -0.39 is 5.82 Å². The van der Waals surface area contributed by atoms with Gasteiger partial charge >= 0.3 is 0 Å². The number of pyridine rings is 1. The van der Waals surface area contributed by atoms with E-state index in [1.165, 1.54) is 24.3 Å². The van der Waals surface area contributed by atoms with Crippen molar-refractivity contribution < 1.29 is 9.13 Å². The molecule has 0 spiro atoms. The summed E-state index contributed by atoms with van der Waals surface area (Å²) in [5.74, 6) is -0.576. The van der Waals surface area contributed by atoms with E-state index in [9.17, 15) is 4.39 Å². The topological polar surface area (TPSA) is 69.7 Å². The second-order valence-electron chi connectivity index (χ2n) is 3.33. The number of nitriles is 2. The van der Waals surface area contributed by atoms with Gasteiger partial charge in [-0.05, 0) is 24.3 Å². The fourth-order valence-electron chi connectivity index (χ4n) is 1.30. The molecule has 2 aromatic rings. The molecule has 0 saturated heterocycles. The Kier molecular flexibility index (Phi) is 3.17. The van der Waals surface area contributed by atoms with E-state index in [-0.39, 0.29) is 22.9 Å². The highest BCUT2D eigenvalue weighted by atomic mass is 19.1. The lowest BCUT2D eigenvalue weighted by Gasteiger charge is -2.05. The zero-order chi connectivity index (χ0) is 13.0. The molecule has 5 heteroatoms. The Hall–Kier alpha value is -2.92. The van der Waals surface area contributed by atoms with Crippen LogP contribution in [0.1, 0.15) is 11.3 Å². The summed E-state index contributed by atoms with van der Waals surface area (Å²) in [5, 5.41) is 17.3. The molecule has 0 N–H and O–H groups in total. The van der Waals surface area contributed by atoms with Gasteiger partial charge in [0.15, 0.2) is 11.6 Å². The average molecular weight is 239 g/mol. The largest absolute Gasteiger partial charge is 0.436 e. The van der Waals surface area contributed by atoms with Gasteiger partial charge in [0.2, 0.25) is 5.88 Å². The van der Waals surface area contributed by atoms with Gasteiger partial charge in [-0.25, -0.2) is 9.37 Å². The molecule has 1 aromatic heterocycles. The molecule has 0 fully saturated rings. The molecule has 86 valence electrons. The van der Waals surface area contributed by atoms with Gasteiger partial charge in [0.1, 0.15) is 11.8 Å². The molecule has 1 aromatic carbocycles. The maximum Gasteiger partial charge on any atom is 0.220 e. The van der Waals surface area contributed by atoms with Crippen molar-refractivity contribution in [2.24, 2.45) is 0 Å². The average Bonchev–Trinajstić information content (AvgIpc) is 2.41. The molecule has 18 heavy (non-hydrogen) atoms. The van der Waals surface area contributed by atoms with Crippen LogP contribution in [0.5, 0.6) is 11.6 Å². The predicted octanol–water partition coefficient (Wildman–Crippen LogP) is 2.76. The summed E-state index contributed by atoms with van der Waals surface area (Å²) >= 11 is 0. The number of hydrogen-bond acceptors (Lipinski definition) is 4. The number of rotatable bonds is 2. The number of hydrogen-bond donors (Lipinski definition) is 0. The molecule has 2 rings (SSSR count). The molecular weight excluding hydrogens is 233 g/mol. The van der Waals surface area contributed by atoms with Gasteiger partial charge < -0.3 is 4.74 Å². The highest BCUT2D eigenvalue weighted by Crippen LogP contribution is 2.23. The smallest absolute Gasteiger partial charge is 0.220 e. The van der Waals surface area contributed by atoms with Gasteiger partial charge in [0.25, 0.3) is 0 Å². The molecule has 0 bridgehead atoms. The van der Waals surface area contributed by atoms with E-state index in [1.54, 1.807) is 6.07 Å². The van der Waals surface area contributed by atoms with Crippen LogP contribution in [-0.2, 0) is 0 Å². The van der Waals surface area contributed by atoms with Crippen molar-refractivity contribution in [2.75, 3.05) is 0 Å². The summed E-state index contributed by atoms with van der Waals surface area (Å²) in [5.41, 5.74) is 0.389. The lowest BCUT2D eigenvalue weighted by molar-refractivity contribution is 0.427. The standard InChI is InChI=1S/C13H6FN3O/c14-11-6-9(7-15)4-5-12(11)18-13-3-1-2-10(8-16)17-13/h1-6H. The molecule has 1 heterocycles. The Balaban J connectivity index is 2.29. The van der Waals surface area contributed by atoms with Crippen LogP contribution < -0.4 is 4.74 Å². The van der Waals surface area contributed by atoms with Crippen LogP contribution in [-0.4, -0.2) is 4.98 Å². The summed E-state index contributed by atoms with van der Waals surface area (Å²) in [6.07, 6.45) is 0. The van der Waals surface area contributed by atoms with E-state index in [2.05, 4.69) is 4.98 Å². The number of ether oxygens (including phenoxy) is 1. The van der Waals surface area contributed by atoms with Crippen LogP contribution in [0.4, 0.5) is 4.39 Å². The Labute approximate surface area is 103 Å². The predicted molar refractivity (Wildman–Crippen MR) is 60.1 cm³/mol. The highest BCUT2D eigenvalue weighted by Gasteiger charge is 2.07. The first-order chi connectivity index (χ1) is 8.72. The van der Waals surface area contributed by atoms with Crippen LogP contribution in [0.3, 0.4) is 0 Å². The second-order valence-corrected chi connectivity index (χ2v) is 3.33. The third-order valence-corrected chi connectivity index (χ3v) is 2.11. The van der Waals surface area contributed by atoms with Gasteiger partial charge in [-0.1, -0.05) is 6.07 Å². The first kappa shape index (κ1) is 11.6. The van der Waals surface area contributed by atoms with Crippen molar-refractivity contribution in [3.05, 3.63) is 53.5 Å². The summed E-state index contributed by atoms with van der Waals surface area (Å²) < 4.78 is 18.7. The van der Waals surface area contributed by atoms with Crippen LogP contribution in [0.25, 0.3) is 0 Å². The lowest BCUT2D eigenvalue weighted by atomic mass is 10.2. The maximum absolute atomic E-state index is 13.5. The summed E-state index contributed by atoms with van der Waals surface area (Å²) in [7, 11) is 0. The van der Waals surface area contributed by atoms with Gasteiger partial charge in [0, 0.05) is 6.07 Å². The third-order valence-electron chi connectivity index (χ3n) is 2.11. The summed E-state index contributed by atoms with van der Waals surface area (Å²) in [6, 6.07) is 12.1. The quantitative estimate of drug-likeness (QED) is 0.807. The van der Waals surface area contributed by atoms with E-state index in [1.807, 2.05) is 12.1 Å². The zero-order valence-corrected chi connectivity index (χ0v) is 9.09. The monoisotopic (exact) mass is 239 g/mol. The fraction of sp³-hybridized carbons (Fsp3) is 0. The van der Waals surface area contributed by atoms with Crippen LogP contribution in [0.2, 0.25) is 0 Å². The van der Waals surface area contributed by atoms with Crippen LogP contribution >= 0.6 is 0 Å². The normalized spacial score (nSPS) is 9.28. The van der Waals surface area contributed by atoms with Gasteiger partial charge in [-0.15, -0.1) is 0 Å². The van der Waals surface area contributed by atoms with Crippen molar-refractivity contribution in [2.45, 2.75) is 0 Å². The third kappa shape index (κ3) is 2.42. The zero-order valence-electron chi connectivity index (χ0n) is 9.09. The molecule has 0 atom stereocenters. The Morgan fingerprint density at radius 2 is 1.94 bits per heavy atom. The minimum Gasteiger partial charge on any atom is -0.436 e.